The van der Waals surface area contributed by atoms with Crippen molar-refractivity contribution >= 4 is 7.85 Å². The van der Waals surface area contributed by atoms with Crippen LogP contribution in [-0.2, 0) is 0 Å². The molecule has 0 aromatic rings. The summed E-state index contributed by atoms with van der Waals surface area (Å²) in [5, 5.41) is 0.0633. The van der Waals surface area contributed by atoms with Gasteiger partial charge in [-0.2, -0.15) is 0 Å². The first kappa shape index (κ1) is 13.1. The second-order valence-corrected chi connectivity index (χ2v) is 6.62. The smallest absolute Gasteiger partial charge is 0.0683 e. The molecule has 0 N–H and O–H groups in total. The van der Waals surface area contributed by atoms with E-state index >= 15 is 0 Å². The van der Waals surface area contributed by atoms with Crippen molar-refractivity contribution in [2.45, 2.75) is 83.9 Å². The Morgan fingerprint density at radius 1 is 0.733 bits per heavy atom. The SMILES string of the molecule is [B]C1(C)CCCCCCCCC(C)(C)C1. The highest BCUT2D eigenvalue weighted by molar-refractivity contribution is 6.14. The normalized spacial score (nSPS) is 34.3. The Bertz CT molecular complexity index is 162. The van der Waals surface area contributed by atoms with Crippen LogP contribution in [0.2, 0.25) is 5.31 Å². The van der Waals surface area contributed by atoms with Gasteiger partial charge in [-0.1, -0.05) is 77.5 Å². The Hall–Kier alpha value is 0.0649. The van der Waals surface area contributed by atoms with Gasteiger partial charge in [-0.15, -0.1) is 0 Å². The third-order valence-electron chi connectivity index (χ3n) is 3.73. The van der Waals surface area contributed by atoms with Crippen molar-refractivity contribution in [3.8, 4) is 0 Å². The van der Waals surface area contributed by atoms with Gasteiger partial charge in [-0.3, -0.25) is 0 Å². The van der Waals surface area contributed by atoms with Crippen LogP contribution in [0.15, 0.2) is 0 Å². The van der Waals surface area contributed by atoms with E-state index in [1.165, 1.54) is 57.8 Å². The molecule has 15 heavy (non-hydrogen) atoms. The zero-order chi connectivity index (χ0) is 11.4. The molecule has 1 rings (SSSR count). The molecule has 1 heteroatoms. The highest BCUT2D eigenvalue weighted by atomic mass is 14.3. The van der Waals surface area contributed by atoms with E-state index in [0.29, 0.717) is 5.41 Å². The van der Waals surface area contributed by atoms with Crippen LogP contribution in [-0.4, -0.2) is 7.85 Å². The van der Waals surface area contributed by atoms with Crippen LogP contribution in [0.5, 0.6) is 0 Å². The zero-order valence-electron chi connectivity index (χ0n) is 10.9. The fourth-order valence-corrected chi connectivity index (χ4v) is 3.11. The van der Waals surface area contributed by atoms with Gasteiger partial charge in [0.1, 0.15) is 0 Å². The predicted molar refractivity (Wildman–Crippen MR) is 69.5 cm³/mol. The standard InChI is InChI=1S/C14H27B/c1-13(2)10-8-6-4-5-7-9-11-14(3,15)12-13/h4-12H2,1-3H3. The molecule has 0 saturated heterocycles. The molecule has 0 bridgehead atoms. The Kier molecular flexibility index (Phi) is 4.74. The van der Waals surface area contributed by atoms with E-state index in [4.69, 9.17) is 7.85 Å². The maximum absolute atomic E-state index is 6.39. The first-order valence-electron chi connectivity index (χ1n) is 6.70. The van der Waals surface area contributed by atoms with E-state index in [1.54, 1.807) is 0 Å². The minimum Gasteiger partial charge on any atom is -0.0683 e. The average molecular weight is 206 g/mol. The topological polar surface area (TPSA) is 0 Å². The molecule has 1 aliphatic carbocycles. The lowest BCUT2D eigenvalue weighted by atomic mass is 9.59. The molecule has 1 saturated carbocycles. The van der Waals surface area contributed by atoms with E-state index in [-0.39, 0.29) is 5.31 Å². The second-order valence-electron chi connectivity index (χ2n) is 6.62. The molecule has 2 radical (unpaired) electrons. The maximum Gasteiger partial charge on any atom is 0.0742 e. The van der Waals surface area contributed by atoms with Crippen LogP contribution in [0, 0.1) is 5.41 Å². The molecule has 0 heterocycles. The van der Waals surface area contributed by atoms with Crippen LogP contribution in [0.1, 0.15) is 78.6 Å². The molecule has 0 aromatic heterocycles. The quantitative estimate of drug-likeness (QED) is 0.495. The minimum atomic E-state index is 0.0633. The van der Waals surface area contributed by atoms with Crippen molar-refractivity contribution in [1.29, 1.82) is 0 Å². The third kappa shape index (κ3) is 5.63. The number of rotatable bonds is 0. The largest absolute Gasteiger partial charge is 0.0742 e. The number of hydrogen-bond acceptors (Lipinski definition) is 0. The van der Waals surface area contributed by atoms with E-state index in [1.807, 2.05) is 0 Å². The molecule has 1 fully saturated rings. The van der Waals surface area contributed by atoms with E-state index in [2.05, 4.69) is 20.8 Å². The van der Waals surface area contributed by atoms with E-state index in [9.17, 15) is 0 Å². The highest BCUT2D eigenvalue weighted by Crippen LogP contribution is 2.43. The Labute approximate surface area is 97.6 Å². The van der Waals surface area contributed by atoms with Gasteiger partial charge in [0.15, 0.2) is 0 Å². The molecule has 1 unspecified atom stereocenters. The van der Waals surface area contributed by atoms with E-state index < -0.39 is 0 Å². The molecule has 0 nitrogen and oxygen atoms in total. The predicted octanol–water partition coefficient (Wildman–Crippen LogP) is 4.88. The lowest BCUT2D eigenvalue weighted by Crippen LogP contribution is -2.21. The summed E-state index contributed by atoms with van der Waals surface area (Å²) in [6.07, 6.45) is 12.1. The Morgan fingerprint density at radius 3 is 1.80 bits per heavy atom. The van der Waals surface area contributed by atoms with Gasteiger partial charge in [0, 0.05) is 0 Å². The molecule has 0 aromatic carbocycles. The first-order valence-corrected chi connectivity index (χ1v) is 6.70. The Balaban J connectivity index is 2.54. The van der Waals surface area contributed by atoms with Crippen molar-refractivity contribution in [3.05, 3.63) is 0 Å². The van der Waals surface area contributed by atoms with Crippen LogP contribution >= 0.6 is 0 Å². The second kappa shape index (κ2) is 5.41. The monoisotopic (exact) mass is 206 g/mol. The van der Waals surface area contributed by atoms with Gasteiger partial charge in [-0.05, 0) is 11.8 Å². The van der Waals surface area contributed by atoms with Crippen molar-refractivity contribution in [3.63, 3.8) is 0 Å². The summed E-state index contributed by atoms with van der Waals surface area (Å²) in [6.45, 7) is 7.01. The molecular weight excluding hydrogens is 179 g/mol. The van der Waals surface area contributed by atoms with Gasteiger partial charge in [-0.25, -0.2) is 0 Å². The van der Waals surface area contributed by atoms with E-state index in [0.717, 1.165) is 0 Å². The highest BCUT2D eigenvalue weighted by Gasteiger charge is 2.27. The van der Waals surface area contributed by atoms with Gasteiger partial charge < -0.3 is 0 Å². The Morgan fingerprint density at radius 2 is 1.20 bits per heavy atom. The zero-order valence-corrected chi connectivity index (χ0v) is 10.9. The van der Waals surface area contributed by atoms with Crippen LogP contribution in [0.4, 0.5) is 0 Å². The summed E-state index contributed by atoms with van der Waals surface area (Å²) in [7, 11) is 6.39. The van der Waals surface area contributed by atoms with Crippen molar-refractivity contribution in [1.82, 2.24) is 0 Å². The minimum absolute atomic E-state index is 0.0633. The van der Waals surface area contributed by atoms with Gasteiger partial charge in [0.25, 0.3) is 0 Å². The van der Waals surface area contributed by atoms with Crippen LogP contribution in [0.25, 0.3) is 0 Å². The molecule has 86 valence electrons. The summed E-state index contributed by atoms with van der Waals surface area (Å²) in [4.78, 5) is 0. The molecule has 0 spiro atoms. The molecular formula is C14H27B. The lowest BCUT2D eigenvalue weighted by Gasteiger charge is -2.35. The average Bonchev–Trinajstić information content (AvgIpc) is 2.08. The fourth-order valence-electron chi connectivity index (χ4n) is 3.11. The first-order chi connectivity index (χ1) is 6.91. The van der Waals surface area contributed by atoms with Gasteiger partial charge >= 0.3 is 0 Å². The number of hydrogen-bond donors (Lipinski definition) is 0. The third-order valence-corrected chi connectivity index (χ3v) is 3.73. The molecule has 1 aliphatic rings. The van der Waals surface area contributed by atoms with Crippen molar-refractivity contribution < 1.29 is 0 Å². The molecule has 1 atom stereocenters. The van der Waals surface area contributed by atoms with Gasteiger partial charge in [0.2, 0.25) is 0 Å². The summed E-state index contributed by atoms with van der Waals surface area (Å²) in [6, 6.07) is 0. The fraction of sp³-hybridized carbons (Fsp3) is 1.00. The van der Waals surface area contributed by atoms with Crippen molar-refractivity contribution in [2.75, 3.05) is 0 Å². The summed E-state index contributed by atoms with van der Waals surface area (Å²) >= 11 is 0. The summed E-state index contributed by atoms with van der Waals surface area (Å²) < 4.78 is 0. The lowest BCUT2D eigenvalue weighted by molar-refractivity contribution is 0.252. The summed E-state index contributed by atoms with van der Waals surface area (Å²) in [5.74, 6) is 0. The van der Waals surface area contributed by atoms with Crippen LogP contribution < -0.4 is 0 Å². The van der Waals surface area contributed by atoms with Crippen molar-refractivity contribution in [2.24, 2.45) is 5.41 Å². The van der Waals surface area contributed by atoms with Gasteiger partial charge in [0.05, 0.1) is 7.85 Å². The molecule has 0 aliphatic heterocycles. The molecule has 0 amide bonds. The maximum atomic E-state index is 6.39. The van der Waals surface area contributed by atoms with Crippen LogP contribution in [0.3, 0.4) is 0 Å². The summed E-state index contributed by atoms with van der Waals surface area (Å²) in [5.41, 5.74) is 0.438.